The van der Waals surface area contributed by atoms with E-state index in [1.54, 1.807) is 7.11 Å². The normalized spacial score (nSPS) is 14.0. The van der Waals surface area contributed by atoms with Crippen molar-refractivity contribution in [1.82, 2.24) is 0 Å². The molecule has 0 heterocycles. The molecule has 0 aliphatic rings. The van der Waals surface area contributed by atoms with E-state index in [0.717, 1.165) is 23.7 Å². The van der Waals surface area contributed by atoms with E-state index in [4.69, 9.17) is 9.47 Å². The Balaban J connectivity index is 3.29. The van der Waals surface area contributed by atoms with Crippen LogP contribution in [-0.2, 0) is 5.41 Å². The monoisotopic (exact) mass is 346 g/mol. The summed E-state index contributed by atoms with van der Waals surface area (Å²) in [5.41, 5.74) is 2.40. The van der Waals surface area contributed by atoms with E-state index in [9.17, 15) is 0 Å². The third-order valence-corrected chi connectivity index (χ3v) is 4.21. The van der Waals surface area contributed by atoms with E-state index in [-0.39, 0.29) is 10.8 Å². The first-order chi connectivity index (χ1) is 11.5. The Morgan fingerprint density at radius 2 is 1.68 bits per heavy atom. The van der Waals surface area contributed by atoms with Crippen molar-refractivity contribution in [2.75, 3.05) is 13.7 Å². The molecule has 0 fully saturated rings. The van der Waals surface area contributed by atoms with Crippen LogP contribution in [0.15, 0.2) is 18.2 Å². The van der Waals surface area contributed by atoms with Crippen LogP contribution in [0.4, 0.5) is 0 Å². The number of allylic oxidation sites excluding steroid dienone is 1. The topological polar surface area (TPSA) is 18.5 Å². The molecule has 0 spiro atoms. The molecule has 1 rings (SSSR count). The molecule has 0 radical (unpaired) electrons. The van der Waals surface area contributed by atoms with Crippen molar-refractivity contribution >= 4 is 6.08 Å². The largest absolute Gasteiger partial charge is 0.496 e. The molecule has 0 aliphatic carbocycles. The highest BCUT2D eigenvalue weighted by atomic mass is 16.5. The fraction of sp³-hybridized carbons (Fsp3) is 0.652. The van der Waals surface area contributed by atoms with Crippen LogP contribution >= 0.6 is 0 Å². The number of rotatable bonds is 7. The van der Waals surface area contributed by atoms with Gasteiger partial charge in [-0.05, 0) is 35.3 Å². The van der Waals surface area contributed by atoms with Crippen LogP contribution in [0.3, 0.4) is 0 Å². The Morgan fingerprint density at radius 3 is 2.16 bits per heavy atom. The second-order valence-electron chi connectivity index (χ2n) is 9.24. The average molecular weight is 347 g/mol. The van der Waals surface area contributed by atoms with E-state index in [1.165, 1.54) is 18.4 Å². The van der Waals surface area contributed by atoms with Gasteiger partial charge in [-0.2, -0.15) is 0 Å². The van der Waals surface area contributed by atoms with Gasteiger partial charge in [0.15, 0.2) is 0 Å². The van der Waals surface area contributed by atoms with Gasteiger partial charge in [0.1, 0.15) is 11.5 Å². The third kappa shape index (κ3) is 7.13. The van der Waals surface area contributed by atoms with E-state index >= 15 is 0 Å². The molecule has 0 saturated heterocycles. The lowest BCUT2D eigenvalue weighted by Crippen LogP contribution is -2.15. The van der Waals surface area contributed by atoms with Crippen molar-refractivity contribution in [2.45, 2.75) is 73.6 Å². The molecule has 0 bridgehead atoms. The zero-order valence-electron chi connectivity index (χ0n) is 17.8. The van der Waals surface area contributed by atoms with Crippen molar-refractivity contribution in [3.8, 4) is 11.5 Å². The minimum atomic E-state index is 0.00472. The molecule has 1 unspecified atom stereocenters. The zero-order chi connectivity index (χ0) is 19.3. The predicted octanol–water partition coefficient (Wildman–Crippen LogP) is 6.87. The van der Waals surface area contributed by atoms with Gasteiger partial charge in [0, 0.05) is 11.1 Å². The molecule has 0 aromatic heterocycles. The molecule has 25 heavy (non-hydrogen) atoms. The van der Waals surface area contributed by atoms with Crippen LogP contribution in [0.2, 0.25) is 0 Å². The first kappa shape index (κ1) is 21.6. The summed E-state index contributed by atoms with van der Waals surface area (Å²) in [4.78, 5) is 0. The fourth-order valence-corrected chi connectivity index (χ4v) is 2.73. The van der Waals surface area contributed by atoms with Crippen LogP contribution < -0.4 is 9.47 Å². The Morgan fingerprint density at radius 1 is 1.04 bits per heavy atom. The Kier molecular flexibility index (Phi) is 7.59. The van der Waals surface area contributed by atoms with Crippen LogP contribution in [0.1, 0.15) is 79.4 Å². The molecule has 0 N–H and O–H groups in total. The highest BCUT2D eigenvalue weighted by Gasteiger charge is 2.22. The summed E-state index contributed by atoms with van der Waals surface area (Å²) >= 11 is 0. The van der Waals surface area contributed by atoms with Gasteiger partial charge >= 0.3 is 0 Å². The van der Waals surface area contributed by atoms with Crippen molar-refractivity contribution in [1.29, 1.82) is 0 Å². The smallest absolute Gasteiger partial charge is 0.127 e. The predicted molar refractivity (Wildman–Crippen MR) is 110 cm³/mol. The van der Waals surface area contributed by atoms with Crippen LogP contribution in [0.25, 0.3) is 6.08 Å². The van der Waals surface area contributed by atoms with Crippen molar-refractivity contribution in [2.24, 2.45) is 11.3 Å². The van der Waals surface area contributed by atoms with Crippen LogP contribution in [-0.4, -0.2) is 13.7 Å². The molecule has 142 valence electrons. The van der Waals surface area contributed by atoms with E-state index in [1.807, 2.05) is 0 Å². The quantitative estimate of drug-likeness (QED) is 0.536. The molecule has 2 heteroatoms. The first-order valence-corrected chi connectivity index (χ1v) is 9.52. The average Bonchev–Trinajstić information content (AvgIpc) is 2.49. The highest BCUT2D eigenvalue weighted by Crippen LogP contribution is 2.38. The van der Waals surface area contributed by atoms with Gasteiger partial charge in [0.25, 0.3) is 0 Å². The molecule has 1 aromatic rings. The lowest BCUT2D eigenvalue weighted by molar-refractivity contribution is 0.250. The fourth-order valence-electron chi connectivity index (χ4n) is 2.73. The summed E-state index contributed by atoms with van der Waals surface area (Å²) in [6.07, 6.45) is 6.77. The maximum atomic E-state index is 6.25. The zero-order valence-corrected chi connectivity index (χ0v) is 17.8. The first-order valence-electron chi connectivity index (χ1n) is 9.52. The molecular formula is C23H38O2. The molecular weight excluding hydrogens is 308 g/mol. The summed E-state index contributed by atoms with van der Waals surface area (Å²) in [6.45, 7) is 18.5. The van der Waals surface area contributed by atoms with Gasteiger partial charge in [-0.25, -0.2) is 0 Å². The highest BCUT2D eigenvalue weighted by molar-refractivity contribution is 5.63. The lowest BCUT2D eigenvalue weighted by Gasteiger charge is -2.25. The molecule has 1 atom stereocenters. The van der Waals surface area contributed by atoms with E-state index < -0.39 is 0 Å². The summed E-state index contributed by atoms with van der Waals surface area (Å²) < 4.78 is 11.9. The number of hydrogen-bond donors (Lipinski definition) is 0. The summed E-state index contributed by atoms with van der Waals surface area (Å²) in [5, 5.41) is 0. The maximum absolute atomic E-state index is 6.25. The third-order valence-electron chi connectivity index (χ3n) is 4.21. The Labute approximate surface area is 155 Å². The Hall–Kier alpha value is -1.44. The Bertz CT molecular complexity index is 571. The number of methoxy groups -OCH3 is 1. The minimum absolute atomic E-state index is 0.00472. The molecule has 0 aliphatic heterocycles. The van der Waals surface area contributed by atoms with Gasteiger partial charge in [-0.3, -0.25) is 0 Å². The minimum Gasteiger partial charge on any atom is -0.496 e. The SMILES string of the molecule is CCCC(C)COc1cc(C(C)(C)C)c(OC)cc1/C=C/C(C)(C)C. The van der Waals surface area contributed by atoms with Gasteiger partial charge < -0.3 is 9.47 Å². The van der Waals surface area contributed by atoms with Crippen LogP contribution in [0.5, 0.6) is 11.5 Å². The molecule has 1 aromatic carbocycles. The number of benzene rings is 1. The van der Waals surface area contributed by atoms with Gasteiger partial charge in [0.05, 0.1) is 13.7 Å². The molecule has 0 saturated carbocycles. The number of ether oxygens (including phenoxy) is 2. The van der Waals surface area contributed by atoms with Crippen molar-refractivity contribution in [3.63, 3.8) is 0 Å². The van der Waals surface area contributed by atoms with Crippen molar-refractivity contribution in [3.05, 3.63) is 29.3 Å². The van der Waals surface area contributed by atoms with Gasteiger partial charge in [0.2, 0.25) is 0 Å². The summed E-state index contributed by atoms with van der Waals surface area (Å²) in [7, 11) is 1.74. The standard InChI is InChI=1S/C23H38O2/c1-10-11-17(2)16-25-20-15-19(23(6,7)8)21(24-9)14-18(20)12-13-22(3,4)5/h12-15,17H,10-11,16H2,1-9H3/b13-12+. The van der Waals surface area contributed by atoms with Crippen molar-refractivity contribution < 1.29 is 9.47 Å². The molecule has 0 amide bonds. The number of hydrogen-bond acceptors (Lipinski definition) is 2. The lowest BCUT2D eigenvalue weighted by atomic mass is 9.85. The second kappa shape index (κ2) is 8.78. The van der Waals surface area contributed by atoms with Crippen LogP contribution in [0, 0.1) is 11.3 Å². The van der Waals surface area contributed by atoms with E-state index in [2.05, 4.69) is 79.7 Å². The second-order valence-corrected chi connectivity index (χ2v) is 9.24. The molecule has 2 nitrogen and oxygen atoms in total. The van der Waals surface area contributed by atoms with Gasteiger partial charge in [-0.1, -0.05) is 74.0 Å². The summed E-state index contributed by atoms with van der Waals surface area (Å²) in [5.74, 6) is 2.44. The maximum Gasteiger partial charge on any atom is 0.127 e. The summed E-state index contributed by atoms with van der Waals surface area (Å²) in [6, 6.07) is 4.28. The van der Waals surface area contributed by atoms with E-state index in [0.29, 0.717) is 5.92 Å². The van der Waals surface area contributed by atoms with Gasteiger partial charge in [-0.15, -0.1) is 0 Å².